The molecule has 19 heavy (non-hydrogen) atoms. The Morgan fingerprint density at radius 2 is 2.11 bits per heavy atom. The van der Waals surface area contributed by atoms with Gasteiger partial charge in [0.05, 0.1) is 4.92 Å². The molecule has 0 aliphatic rings. The third kappa shape index (κ3) is 2.91. The largest absolute Gasteiger partial charge is 0.430 e. The second-order valence-corrected chi connectivity index (χ2v) is 3.60. The molecule has 1 aromatic carbocycles. The van der Waals surface area contributed by atoms with Crippen molar-refractivity contribution in [3.8, 4) is 11.6 Å². The van der Waals surface area contributed by atoms with Gasteiger partial charge in [0, 0.05) is 6.07 Å². The van der Waals surface area contributed by atoms with E-state index in [2.05, 4.69) is 9.97 Å². The first-order valence-electron chi connectivity index (χ1n) is 4.77. The van der Waals surface area contributed by atoms with E-state index in [9.17, 15) is 18.9 Å². The first kappa shape index (κ1) is 13.1. The highest BCUT2D eigenvalue weighted by molar-refractivity contribution is 6.28. The molecule has 0 unspecified atom stereocenters. The zero-order valence-electron chi connectivity index (χ0n) is 9.01. The summed E-state index contributed by atoms with van der Waals surface area (Å²) in [5, 5.41) is 10.4. The smallest absolute Gasteiger partial charge is 0.349 e. The van der Waals surface area contributed by atoms with E-state index in [1.807, 2.05) is 0 Å². The van der Waals surface area contributed by atoms with Crippen LogP contribution >= 0.6 is 11.6 Å². The summed E-state index contributed by atoms with van der Waals surface area (Å²) in [6.45, 7) is 0. The summed E-state index contributed by atoms with van der Waals surface area (Å²) in [5.74, 6) is -2.78. The molecule has 6 nitrogen and oxygen atoms in total. The molecule has 0 fully saturated rings. The number of nitro groups is 1. The van der Waals surface area contributed by atoms with Crippen LogP contribution in [-0.4, -0.2) is 14.9 Å². The zero-order chi connectivity index (χ0) is 14.0. The van der Waals surface area contributed by atoms with Crippen molar-refractivity contribution in [1.82, 2.24) is 9.97 Å². The average Bonchev–Trinajstić information content (AvgIpc) is 2.32. The summed E-state index contributed by atoms with van der Waals surface area (Å²) in [7, 11) is 0. The van der Waals surface area contributed by atoms with Gasteiger partial charge in [-0.3, -0.25) is 10.1 Å². The van der Waals surface area contributed by atoms with Gasteiger partial charge in [-0.1, -0.05) is 0 Å². The molecule has 0 saturated carbocycles. The Hall–Kier alpha value is -2.35. The van der Waals surface area contributed by atoms with Crippen molar-refractivity contribution in [3.63, 3.8) is 0 Å². The summed E-state index contributed by atoms with van der Waals surface area (Å²) in [6, 6.07) is 2.49. The maximum atomic E-state index is 13.4. The standard InChI is InChI=1S/C10H4ClF2N3O3/c11-10-14-4-7(16(17)18)9(15-10)19-8-2-1-5(12)3-6(8)13/h1-4H. The maximum Gasteiger partial charge on any atom is 0.349 e. The van der Waals surface area contributed by atoms with Gasteiger partial charge in [0.2, 0.25) is 5.28 Å². The highest BCUT2D eigenvalue weighted by Gasteiger charge is 2.20. The van der Waals surface area contributed by atoms with Crippen LogP contribution in [0.3, 0.4) is 0 Å². The second-order valence-electron chi connectivity index (χ2n) is 3.26. The van der Waals surface area contributed by atoms with Gasteiger partial charge in [-0.05, 0) is 23.7 Å². The summed E-state index contributed by atoms with van der Waals surface area (Å²) in [5.41, 5.74) is -0.590. The lowest BCUT2D eigenvalue weighted by Crippen LogP contribution is -1.99. The van der Waals surface area contributed by atoms with E-state index in [0.29, 0.717) is 6.07 Å². The molecule has 0 bridgehead atoms. The normalized spacial score (nSPS) is 10.3. The molecule has 0 aliphatic heterocycles. The second kappa shape index (κ2) is 5.11. The Morgan fingerprint density at radius 1 is 1.37 bits per heavy atom. The van der Waals surface area contributed by atoms with Crippen molar-refractivity contribution in [2.75, 3.05) is 0 Å². The Labute approximate surface area is 109 Å². The minimum absolute atomic E-state index is 0.303. The van der Waals surface area contributed by atoms with E-state index in [1.54, 1.807) is 0 Å². The number of aromatic nitrogens is 2. The number of benzene rings is 1. The molecule has 98 valence electrons. The topological polar surface area (TPSA) is 78.2 Å². The summed E-state index contributed by atoms with van der Waals surface area (Å²) in [4.78, 5) is 16.8. The van der Waals surface area contributed by atoms with E-state index in [0.717, 1.165) is 18.3 Å². The Morgan fingerprint density at radius 3 is 2.74 bits per heavy atom. The van der Waals surface area contributed by atoms with Gasteiger partial charge in [0.25, 0.3) is 0 Å². The quantitative estimate of drug-likeness (QED) is 0.492. The summed E-state index contributed by atoms with van der Waals surface area (Å²) >= 11 is 5.47. The van der Waals surface area contributed by atoms with Crippen molar-refractivity contribution < 1.29 is 18.4 Å². The third-order valence-corrected chi connectivity index (χ3v) is 2.19. The Bertz CT molecular complexity index is 654. The molecule has 0 N–H and O–H groups in total. The van der Waals surface area contributed by atoms with E-state index in [-0.39, 0.29) is 5.28 Å². The van der Waals surface area contributed by atoms with Crippen LogP contribution in [0.25, 0.3) is 0 Å². The molecule has 2 rings (SSSR count). The van der Waals surface area contributed by atoms with Gasteiger partial charge in [-0.25, -0.2) is 13.8 Å². The first-order chi connectivity index (χ1) is 8.97. The van der Waals surface area contributed by atoms with Crippen LogP contribution in [0.4, 0.5) is 14.5 Å². The van der Waals surface area contributed by atoms with Crippen molar-refractivity contribution in [2.24, 2.45) is 0 Å². The number of hydrogen-bond donors (Lipinski definition) is 0. The van der Waals surface area contributed by atoms with Crippen LogP contribution in [0.2, 0.25) is 5.28 Å². The maximum absolute atomic E-state index is 13.4. The summed E-state index contributed by atoms with van der Waals surface area (Å²) in [6.07, 6.45) is 0.825. The zero-order valence-corrected chi connectivity index (χ0v) is 9.77. The van der Waals surface area contributed by atoms with Gasteiger partial charge in [-0.15, -0.1) is 0 Å². The van der Waals surface area contributed by atoms with Crippen molar-refractivity contribution >= 4 is 17.3 Å². The van der Waals surface area contributed by atoms with Crippen LogP contribution in [-0.2, 0) is 0 Å². The third-order valence-electron chi connectivity index (χ3n) is 2.00. The van der Waals surface area contributed by atoms with Crippen LogP contribution in [0.5, 0.6) is 11.6 Å². The molecule has 0 aliphatic carbocycles. The molecule has 0 amide bonds. The predicted molar refractivity (Wildman–Crippen MR) is 60.1 cm³/mol. The summed E-state index contributed by atoms with van der Waals surface area (Å²) < 4.78 is 31.0. The Kier molecular flexibility index (Phi) is 3.52. The molecular formula is C10H4ClF2N3O3. The van der Waals surface area contributed by atoms with E-state index in [4.69, 9.17) is 16.3 Å². The average molecular weight is 288 g/mol. The van der Waals surface area contributed by atoms with Crippen LogP contribution in [0.1, 0.15) is 0 Å². The molecule has 0 radical (unpaired) electrons. The van der Waals surface area contributed by atoms with E-state index >= 15 is 0 Å². The van der Waals surface area contributed by atoms with Crippen LogP contribution in [0.15, 0.2) is 24.4 Å². The highest BCUT2D eigenvalue weighted by atomic mass is 35.5. The SMILES string of the molecule is O=[N+]([O-])c1cnc(Cl)nc1Oc1ccc(F)cc1F. The van der Waals surface area contributed by atoms with Gasteiger partial charge < -0.3 is 4.74 Å². The fourth-order valence-electron chi connectivity index (χ4n) is 1.20. The molecule has 0 spiro atoms. The monoisotopic (exact) mass is 287 g/mol. The first-order valence-corrected chi connectivity index (χ1v) is 5.15. The van der Waals surface area contributed by atoms with Crippen molar-refractivity contribution in [1.29, 1.82) is 0 Å². The molecular weight excluding hydrogens is 284 g/mol. The lowest BCUT2D eigenvalue weighted by atomic mass is 10.3. The molecule has 0 atom stereocenters. The van der Waals surface area contributed by atoms with Crippen molar-refractivity contribution in [3.05, 3.63) is 51.4 Å². The fourth-order valence-corrected chi connectivity index (χ4v) is 1.33. The molecule has 1 heterocycles. The van der Waals surface area contributed by atoms with Gasteiger partial charge >= 0.3 is 11.6 Å². The predicted octanol–water partition coefficient (Wildman–Crippen LogP) is 3.11. The molecule has 9 heteroatoms. The number of hydrogen-bond acceptors (Lipinski definition) is 5. The molecule has 2 aromatic rings. The van der Waals surface area contributed by atoms with Gasteiger partial charge in [-0.2, -0.15) is 4.98 Å². The number of nitrogens with zero attached hydrogens (tertiary/aromatic N) is 3. The molecule has 0 saturated heterocycles. The number of rotatable bonds is 3. The van der Waals surface area contributed by atoms with Crippen molar-refractivity contribution in [2.45, 2.75) is 0 Å². The Balaban J connectivity index is 2.42. The highest BCUT2D eigenvalue weighted by Crippen LogP contribution is 2.30. The number of ether oxygens (including phenoxy) is 1. The lowest BCUT2D eigenvalue weighted by Gasteiger charge is -2.06. The van der Waals surface area contributed by atoms with Crippen LogP contribution < -0.4 is 4.74 Å². The van der Waals surface area contributed by atoms with Gasteiger partial charge in [0.1, 0.15) is 12.0 Å². The number of halogens is 3. The molecule has 1 aromatic heterocycles. The van der Waals surface area contributed by atoms with Gasteiger partial charge in [0.15, 0.2) is 11.6 Å². The lowest BCUT2D eigenvalue weighted by molar-refractivity contribution is -0.386. The van der Waals surface area contributed by atoms with Crippen LogP contribution in [0, 0.1) is 21.7 Å². The minimum atomic E-state index is -1.02. The fraction of sp³-hybridized carbons (Fsp3) is 0. The minimum Gasteiger partial charge on any atom is -0.430 e. The van der Waals surface area contributed by atoms with E-state index < -0.39 is 33.9 Å². The van der Waals surface area contributed by atoms with E-state index in [1.165, 1.54) is 0 Å².